The van der Waals surface area contributed by atoms with Gasteiger partial charge in [0.2, 0.25) is 0 Å². The maximum atomic E-state index is 13.6. The van der Waals surface area contributed by atoms with E-state index in [1.54, 1.807) is 43.7 Å². The van der Waals surface area contributed by atoms with E-state index in [-0.39, 0.29) is 5.56 Å². The molecule has 0 fully saturated rings. The smallest absolute Gasteiger partial charge is 0.280 e. The topological polar surface area (TPSA) is 88.7 Å². The van der Waals surface area contributed by atoms with Crippen molar-refractivity contribution < 1.29 is 18.0 Å². The standard InChI is InChI=1S/C18H18F3N7O/c1-9(11-6-10(19)7-22-14(11)15(20)21)24-13-4-5-28-17(25-13)12(8-23-28)16-26-18(2,3)29-27-16/h4-9,15H,1-3H3,(H,24,25)(H,26,27)/t9-/m1/s1. The molecule has 0 unspecified atom stereocenters. The van der Waals surface area contributed by atoms with Crippen molar-refractivity contribution in [2.45, 2.75) is 39.0 Å². The molecular formula is C18H18F3N7O. The molecule has 0 saturated heterocycles. The average Bonchev–Trinajstić information content (AvgIpc) is 3.23. The minimum Gasteiger partial charge on any atom is -0.363 e. The molecule has 0 radical (unpaired) electrons. The first-order chi connectivity index (χ1) is 13.7. The van der Waals surface area contributed by atoms with Gasteiger partial charge in [-0.1, -0.05) is 0 Å². The van der Waals surface area contributed by atoms with Crippen LogP contribution in [-0.4, -0.2) is 31.1 Å². The molecule has 8 nitrogen and oxygen atoms in total. The van der Waals surface area contributed by atoms with Gasteiger partial charge in [0.05, 0.1) is 24.0 Å². The van der Waals surface area contributed by atoms with Crippen molar-refractivity contribution in [1.82, 2.24) is 25.1 Å². The largest absolute Gasteiger partial charge is 0.363 e. The summed E-state index contributed by atoms with van der Waals surface area (Å²) in [5, 5.41) is 7.24. The molecule has 4 rings (SSSR count). The van der Waals surface area contributed by atoms with Gasteiger partial charge in [-0.15, -0.1) is 0 Å². The Bertz CT molecular complexity index is 1100. The van der Waals surface area contributed by atoms with Crippen LogP contribution < -0.4 is 10.8 Å². The SMILES string of the molecule is C[C@@H](Nc1ccn2ncc(C3=NC(C)(C)ON3)c2n1)c1cc(F)cnc1C(F)F. The fraction of sp³-hybridized carbons (Fsp3) is 0.333. The molecule has 1 atom stereocenters. The minimum absolute atomic E-state index is 0.0624. The molecule has 0 aliphatic carbocycles. The lowest BCUT2D eigenvalue weighted by Crippen LogP contribution is -2.23. The zero-order valence-corrected chi connectivity index (χ0v) is 15.8. The molecule has 0 spiro atoms. The van der Waals surface area contributed by atoms with Crippen molar-refractivity contribution in [3.63, 3.8) is 0 Å². The summed E-state index contributed by atoms with van der Waals surface area (Å²) in [6.07, 6.45) is 1.22. The minimum atomic E-state index is -2.82. The maximum absolute atomic E-state index is 13.6. The molecule has 0 amide bonds. The highest BCUT2D eigenvalue weighted by atomic mass is 19.3. The van der Waals surface area contributed by atoms with Crippen molar-refractivity contribution >= 4 is 17.3 Å². The number of pyridine rings is 1. The number of halogens is 3. The van der Waals surface area contributed by atoms with Crippen molar-refractivity contribution in [2.24, 2.45) is 4.99 Å². The lowest BCUT2D eigenvalue weighted by molar-refractivity contribution is -0.0269. The number of rotatable bonds is 5. The number of hydroxylamine groups is 1. The van der Waals surface area contributed by atoms with Crippen LogP contribution in [0.4, 0.5) is 19.0 Å². The number of amidine groups is 1. The summed E-state index contributed by atoms with van der Waals surface area (Å²) in [5.74, 6) is 0.194. The normalized spacial score (nSPS) is 16.7. The number of fused-ring (bicyclic) bond motifs is 1. The average molecular weight is 405 g/mol. The van der Waals surface area contributed by atoms with Gasteiger partial charge in [-0.05, 0) is 32.9 Å². The third-order valence-electron chi connectivity index (χ3n) is 4.36. The fourth-order valence-electron chi connectivity index (χ4n) is 3.01. The first kappa shape index (κ1) is 19.1. The van der Waals surface area contributed by atoms with E-state index in [1.165, 1.54) is 0 Å². The molecular weight excluding hydrogens is 387 g/mol. The third-order valence-corrected chi connectivity index (χ3v) is 4.36. The van der Waals surface area contributed by atoms with E-state index in [4.69, 9.17) is 4.84 Å². The van der Waals surface area contributed by atoms with Gasteiger partial charge < -0.3 is 5.32 Å². The fourth-order valence-corrected chi connectivity index (χ4v) is 3.01. The number of hydrogen-bond donors (Lipinski definition) is 2. The zero-order chi connectivity index (χ0) is 20.8. The van der Waals surface area contributed by atoms with Gasteiger partial charge in [-0.2, -0.15) is 5.10 Å². The number of nitrogens with one attached hydrogen (secondary N) is 2. The summed E-state index contributed by atoms with van der Waals surface area (Å²) in [7, 11) is 0. The number of anilines is 1. The second-order valence-corrected chi connectivity index (χ2v) is 7.05. The summed E-state index contributed by atoms with van der Waals surface area (Å²) < 4.78 is 41.6. The van der Waals surface area contributed by atoms with Gasteiger partial charge in [-0.25, -0.2) is 38.0 Å². The van der Waals surface area contributed by atoms with Crippen LogP contribution in [0.5, 0.6) is 0 Å². The van der Waals surface area contributed by atoms with E-state index in [1.807, 2.05) is 0 Å². The molecule has 29 heavy (non-hydrogen) atoms. The Morgan fingerprint density at radius 2 is 2.07 bits per heavy atom. The Morgan fingerprint density at radius 1 is 1.28 bits per heavy atom. The summed E-state index contributed by atoms with van der Waals surface area (Å²) in [6.45, 7) is 5.23. The van der Waals surface area contributed by atoms with Crippen LogP contribution in [0.25, 0.3) is 5.65 Å². The first-order valence-electron chi connectivity index (χ1n) is 8.82. The highest BCUT2D eigenvalue weighted by molar-refractivity contribution is 6.03. The van der Waals surface area contributed by atoms with Gasteiger partial charge in [0, 0.05) is 11.8 Å². The van der Waals surface area contributed by atoms with Crippen molar-refractivity contribution in [2.75, 3.05) is 5.32 Å². The molecule has 0 bridgehead atoms. The predicted octanol–water partition coefficient (Wildman–Crippen LogP) is 3.39. The summed E-state index contributed by atoms with van der Waals surface area (Å²) >= 11 is 0. The van der Waals surface area contributed by atoms with Crippen molar-refractivity contribution in [3.05, 3.63) is 53.4 Å². The second-order valence-electron chi connectivity index (χ2n) is 7.05. The predicted molar refractivity (Wildman–Crippen MR) is 99.0 cm³/mol. The molecule has 0 saturated carbocycles. The first-order valence-corrected chi connectivity index (χ1v) is 8.82. The number of aromatic nitrogens is 4. The van der Waals surface area contributed by atoms with Gasteiger partial charge in [0.15, 0.2) is 17.2 Å². The van der Waals surface area contributed by atoms with Crippen LogP contribution in [-0.2, 0) is 4.84 Å². The Labute approximate surface area is 163 Å². The summed E-state index contributed by atoms with van der Waals surface area (Å²) in [6, 6.07) is 2.03. The molecule has 1 aliphatic rings. The van der Waals surface area contributed by atoms with Gasteiger partial charge in [-0.3, -0.25) is 4.98 Å². The Hall–Kier alpha value is -3.21. The number of alkyl halides is 2. The van der Waals surface area contributed by atoms with E-state index in [0.29, 0.717) is 22.9 Å². The van der Waals surface area contributed by atoms with Gasteiger partial charge >= 0.3 is 0 Å². The molecule has 11 heteroatoms. The van der Waals surface area contributed by atoms with Crippen LogP contribution in [0.15, 0.2) is 35.7 Å². The van der Waals surface area contributed by atoms with Crippen LogP contribution in [0, 0.1) is 5.82 Å². The van der Waals surface area contributed by atoms with E-state index < -0.39 is 29.7 Å². The van der Waals surface area contributed by atoms with Crippen molar-refractivity contribution in [3.8, 4) is 0 Å². The number of aliphatic imine (C=N–C) groups is 1. The van der Waals surface area contributed by atoms with Crippen LogP contribution >= 0.6 is 0 Å². The van der Waals surface area contributed by atoms with E-state index in [9.17, 15) is 13.2 Å². The van der Waals surface area contributed by atoms with E-state index in [2.05, 4.69) is 30.9 Å². The molecule has 3 aromatic heterocycles. The Morgan fingerprint density at radius 3 is 2.76 bits per heavy atom. The van der Waals surface area contributed by atoms with Gasteiger partial charge in [0.25, 0.3) is 6.43 Å². The Balaban J connectivity index is 1.66. The van der Waals surface area contributed by atoms with Crippen molar-refractivity contribution in [1.29, 1.82) is 0 Å². The van der Waals surface area contributed by atoms with E-state index >= 15 is 0 Å². The Kier molecular flexibility index (Phi) is 4.61. The van der Waals surface area contributed by atoms with Crippen LogP contribution in [0.1, 0.15) is 50.1 Å². The van der Waals surface area contributed by atoms with Crippen LogP contribution in [0.3, 0.4) is 0 Å². The van der Waals surface area contributed by atoms with Crippen LogP contribution in [0.2, 0.25) is 0 Å². The molecule has 152 valence electrons. The molecule has 0 aromatic carbocycles. The molecule has 1 aliphatic heterocycles. The maximum Gasteiger partial charge on any atom is 0.280 e. The molecule has 4 heterocycles. The lowest BCUT2D eigenvalue weighted by Gasteiger charge is -2.18. The monoisotopic (exact) mass is 405 g/mol. The van der Waals surface area contributed by atoms with E-state index in [0.717, 1.165) is 12.3 Å². The zero-order valence-electron chi connectivity index (χ0n) is 15.8. The molecule has 2 N–H and O–H groups in total. The highest BCUT2D eigenvalue weighted by Gasteiger charge is 2.28. The molecule has 3 aromatic rings. The second kappa shape index (κ2) is 6.99. The van der Waals surface area contributed by atoms with Gasteiger partial charge in [0.1, 0.15) is 17.3 Å². The summed E-state index contributed by atoms with van der Waals surface area (Å²) in [5.41, 5.74) is 2.74. The lowest BCUT2D eigenvalue weighted by atomic mass is 10.1. The summed E-state index contributed by atoms with van der Waals surface area (Å²) in [4.78, 5) is 17.8. The highest BCUT2D eigenvalue weighted by Crippen LogP contribution is 2.28. The quantitative estimate of drug-likeness (QED) is 0.677. The number of hydrogen-bond acceptors (Lipinski definition) is 7. The number of nitrogens with zero attached hydrogens (tertiary/aromatic N) is 5. The third kappa shape index (κ3) is 3.73.